The molecule has 0 aromatic heterocycles. The van der Waals surface area contributed by atoms with Crippen molar-refractivity contribution >= 4 is 35.0 Å². The van der Waals surface area contributed by atoms with Crippen LogP contribution in [0.1, 0.15) is 0 Å². The maximum atomic E-state index is 11.4. The zero-order valence-electron chi connectivity index (χ0n) is 6.92. The smallest absolute Gasteiger partial charge is 0.252 e. The monoisotopic (exact) mass is 297 g/mol. The van der Waals surface area contributed by atoms with Crippen LogP contribution in [-0.4, -0.2) is 15.0 Å². The van der Waals surface area contributed by atoms with E-state index in [0.29, 0.717) is 4.90 Å². The summed E-state index contributed by atoms with van der Waals surface area (Å²) in [5.41, 5.74) is 0. The van der Waals surface area contributed by atoms with Gasteiger partial charge in [0.05, 0.1) is 10.8 Å². The quantitative estimate of drug-likeness (QED) is 0.865. The molecule has 0 aliphatic rings. The van der Waals surface area contributed by atoms with Crippen molar-refractivity contribution in [2.24, 2.45) is 0 Å². The van der Waals surface area contributed by atoms with Gasteiger partial charge in [-0.05, 0) is 24.3 Å². The van der Waals surface area contributed by atoms with Crippen LogP contribution in [0.15, 0.2) is 33.6 Å². The van der Waals surface area contributed by atoms with Crippen molar-refractivity contribution in [2.75, 3.05) is 5.94 Å². The number of halogens is 1. The number of hydrogen-bond donors (Lipinski definition) is 1. The SMILES string of the molecule is O=[P+](O)OC[S@@](=O)c1ccc(Br)cc1. The van der Waals surface area contributed by atoms with Crippen LogP contribution >= 0.6 is 24.2 Å². The largest absolute Gasteiger partial charge is 0.695 e. The Labute approximate surface area is 92.8 Å². The molecule has 1 aromatic carbocycles. The third-order valence-electron chi connectivity index (χ3n) is 1.35. The summed E-state index contributed by atoms with van der Waals surface area (Å²) in [6.07, 6.45) is 0. The average molecular weight is 298 g/mol. The number of benzene rings is 1. The van der Waals surface area contributed by atoms with Crippen LogP contribution < -0.4 is 0 Å². The van der Waals surface area contributed by atoms with Crippen LogP contribution in [0.25, 0.3) is 0 Å². The van der Waals surface area contributed by atoms with Crippen LogP contribution in [0.4, 0.5) is 0 Å². The van der Waals surface area contributed by atoms with Crippen molar-refractivity contribution in [3.63, 3.8) is 0 Å². The lowest BCUT2D eigenvalue weighted by atomic mass is 10.4. The third kappa shape index (κ3) is 3.94. The first-order valence-electron chi connectivity index (χ1n) is 3.52. The minimum absolute atomic E-state index is 0.270. The van der Waals surface area contributed by atoms with E-state index in [1.165, 1.54) is 0 Å². The molecule has 1 aromatic rings. The van der Waals surface area contributed by atoms with E-state index in [9.17, 15) is 8.77 Å². The molecule has 0 aliphatic carbocycles. The molecule has 0 radical (unpaired) electrons. The Morgan fingerprint density at radius 2 is 2.00 bits per heavy atom. The van der Waals surface area contributed by atoms with Gasteiger partial charge in [0.15, 0.2) is 5.94 Å². The highest BCUT2D eigenvalue weighted by Crippen LogP contribution is 2.18. The minimum atomic E-state index is -2.68. The molecule has 0 fully saturated rings. The second-order valence-electron chi connectivity index (χ2n) is 2.28. The number of rotatable bonds is 4. The van der Waals surface area contributed by atoms with E-state index in [1.54, 1.807) is 24.3 Å². The first kappa shape index (κ1) is 11.9. The maximum Gasteiger partial charge on any atom is 0.695 e. The van der Waals surface area contributed by atoms with Gasteiger partial charge < -0.3 is 0 Å². The number of hydrogen-bond acceptors (Lipinski definition) is 3. The Hall–Kier alpha value is -0.130. The fourth-order valence-electron chi connectivity index (χ4n) is 0.747. The average Bonchev–Trinajstić information content (AvgIpc) is 2.15. The summed E-state index contributed by atoms with van der Waals surface area (Å²) in [6.45, 7) is 0. The Morgan fingerprint density at radius 3 is 2.50 bits per heavy atom. The van der Waals surface area contributed by atoms with Crippen LogP contribution in [0, 0.1) is 0 Å². The van der Waals surface area contributed by atoms with Crippen LogP contribution in [0.3, 0.4) is 0 Å². The molecule has 0 bridgehead atoms. The van der Waals surface area contributed by atoms with Crippen molar-refractivity contribution in [2.45, 2.75) is 4.90 Å². The molecule has 0 saturated heterocycles. The summed E-state index contributed by atoms with van der Waals surface area (Å²) in [6, 6.07) is 6.81. The van der Waals surface area contributed by atoms with E-state index in [-0.39, 0.29) is 5.94 Å². The molecule has 0 amide bonds. The van der Waals surface area contributed by atoms with Gasteiger partial charge in [-0.1, -0.05) is 15.9 Å². The second kappa shape index (κ2) is 5.68. The molecule has 1 N–H and O–H groups in total. The highest BCUT2D eigenvalue weighted by atomic mass is 79.9. The molecule has 1 unspecified atom stereocenters. The van der Waals surface area contributed by atoms with Gasteiger partial charge in [0, 0.05) is 13.9 Å². The summed E-state index contributed by atoms with van der Waals surface area (Å²) in [7, 11) is -4.08. The van der Waals surface area contributed by atoms with Crippen molar-refractivity contribution in [1.82, 2.24) is 0 Å². The molecule has 0 saturated carbocycles. The predicted molar refractivity (Wildman–Crippen MR) is 56.3 cm³/mol. The van der Waals surface area contributed by atoms with Gasteiger partial charge in [-0.2, -0.15) is 0 Å². The fraction of sp³-hybridized carbons (Fsp3) is 0.143. The zero-order valence-corrected chi connectivity index (χ0v) is 10.2. The molecule has 0 spiro atoms. The second-order valence-corrected chi connectivity index (χ2v) is 5.33. The van der Waals surface area contributed by atoms with Gasteiger partial charge in [-0.15, -0.1) is 9.42 Å². The third-order valence-corrected chi connectivity index (χ3v) is 3.53. The predicted octanol–water partition coefficient (Wildman–Crippen LogP) is 2.18. The molecule has 2 atom stereocenters. The molecule has 7 heteroatoms. The van der Waals surface area contributed by atoms with Crippen molar-refractivity contribution in [1.29, 1.82) is 0 Å². The first-order valence-corrected chi connectivity index (χ1v) is 6.77. The molecular formula is C7H7BrO4PS+. The van der Waals surface area contributed by atoms with E-state index in [4.69, 9.17) is 4.89 Å². The van der Waals surface area contributed by atoms with Gasteiger partial charge in [0.1, 0.15) is 0 Å². The lowest BCUT2D eigenvalue weighted by Gasteiger charge is -1.97. The summed E-state index contributed by atoms with van der Waals surface area (Å²) < 4.78 is 26.8. The molecule has 14 heavy (non-hydrogen) atoms. The van der Waals surface area contributed by atoms with Gasteiger partial charge in [-0.3, -0.25) is 4.21 Å². The summed E-state index contributed by atoms with van der Waals surface area (Å²) >= 11 is 3.24. The summed E-state index contributed by atoms with van der Waals surface area (Å²) in [5, 5.41) is 0. The topological polar surface area (TPSA) is 63.6 Å². The van der Waals surface area contributed by atoms with Crippen molar-refractivity contribution < 1.29 is 18.2 Å². The first-order chi connectivity index (χ1) is 6.59. The standard InChI is InChI=1S/C7H6BrO4PS/c8-6-1-3-7(4-2-6)14(11)5-12-13(9)10/h1-4H,5H2/p+1/t14-/m1/s1. The van der Waals surface area contributed by atoms with E-state index in [0.717, 1.165) is 4.47 Å². The Balaban J connectivity index is 2.61. The summed E-state index contributed by atoms with van der Waals surface area (Å²) in [5.74, 6) is -0.270. The van der Waals surface area contributed by atoms with Crippen LogP contribution in [0.2, 0.25) is 0 Å². The van der Waals surface area contributed by atoms with Crippen molar-refractivity contribution in [3.8, 4) is 0 Å². The highest BCUT2D eigenvalue weighted by molar-refractivity contribution is 9.10. The maximum absolute atomic E-state index is 11.4. The van der Waals surface area contributed by atoms with Crippen LogP contribution in [-0.2, 0) is 19.9 Å². The minimum Gasteiger partial charge on any atom is -0.252 e. The highest BCUT2D eigenvalue weighted by Gasteiger charge is 2.15. The molecule has 4 nitrogen and oxygen atoms in total. The Bertz CT molecular complexity index is 353. The summed E-state index contributed by atoms with van der Waals surface area (Å²) in [4.78, 5) is 8.90. The van der Waals surface area contributed by atoms with Gasteiger partial charge in [0.25, 0.3) is 0 Å². The normalized spacial score (nSPS) is 13.7. The Morgan fingerprint density at radius 1 is 1.43 bits per heavy atom. The lowest BCUT2D eigenvalue weighted by molar-refractivity contribution is 0.327. The van der Waals surface area contributed by atoms with Crippen LogP contribution in [0.5, 0.6) is 0 Å². The molecular weight excluding hydrogens is 291 g/mol. The van der Waals surface area contributed by atoms with Crippen molar-refractivity contribution in [3.05, 3.63) is 28.7 Å². The molecule has 0 heterocycles. The molecule has 76 valence electrons. The zero-order chi connectivity index (χ0) is 10.6. The lowest BCUT2D eigenvalue weighted by Crippen LogP contribution is -1.98. The van der Waals surface area contributed by atoms with Gasteiger partial charge in [0.2, 0.25) is 0 Å². The molecule has 1 rings (SSSR count). The van der Waals surface area contributed by atoms with Gasteiger partial charge >= 0.3 is 8.25 Å². The van der Waals surface area contributed by atoms with Gasteiger partial charge in [-0.25, -0.2) is 0 Å². The fourth-order valence-corrected chi connectivity index (χ4v) is 2.33. The van der Waals surface area contributed by atoms with E-state index < -0.39 is 19.1 Å². The van der Waals surface area contributed by atoms with E-state index in [2.05, 4.69) is 20.5 Å². The van der Waals surface area contributed by atoms with E-state index >= 15 is 0 Å². The Kier molecular flexibility index (Phi) is 4.84. The molecule has 0 aliphatic heterocycles. The van der Waals surface area contributed by atoms with E-state index in [1.807, 2.05) is 0 Å².